The summed E-state index contributed by atoms with van der Waals surface area (Å²) in [4.78, 5) is 0. The van der Waals surface area contributed by atoms with Gasteiger partial charge in [0.15, 0.2) is 5.00 Å². The Labute approximate surface area is 272 Å². The van der Waals surface area contributed by atoms with Crippen LogP contribution in [-0.4, -0.2) is 84.2 Å². The van der Waals surface area contributed by atoms with E-state index in [1.165, 1.54) is 0 Å². The second kappa shape index (κ2) is 17.1. The molecule has 1 saturated heterocycles. The van der Waals surface area contributed by atoms with E-state index in [2.05, 4.69) is 51.3 Å². The maximum atomic E-state index is 12.5. The van der Waals surface area contributed by atoms with Gasteiger partial charge in [0.2, 0.25) is 0 Å². The monoisotopic (exact) mass is 714 g/mol. The first-order valence-corrected chi connectivity index (χ1v) is 19.3. The minimum atomic E-state index is -4.34. The molecule has 7 N–H and O–H groups in total. The summed E-state index contributed by atoms with van der Waals surface area (Å²) >= 11 is 1.77. The zero-order chi connectivity index (χ0) is 33.4. The smallest absolute Gasteiger partial charge is 0.268 e. The van der Waals surface area contributed by atoms with E-state index in [-0.39, 0.29) is 41.5 Å². The number of hydrogen-bond acceptors (Lipinski definition) is 17. The number of nitrogens with zero attached hydrogens (tertiary/aromatic N) is 4. The third kappa shape index (κ3) is 10.3. The Morgan fingerprint density at radius 1 is 1.24 bits per heavy atom. The standard InChI is InChI=1S/C24H42N8O9S4/c1-5-14-10-13(4)21(45(37,38)39)15(6-2)19(14)28-22-17(12-27-24(29-22)26-8-9-44(34,35)36)30-31-23-16(11-25)20(32-42-23)18(7-3)43-41-40-33/h13-15,17-19,21-22,24,26-29,33H,5-10,12H2,1-4H3,(H,34,35,36)(H,37,38,39). The number of nitrogens with one attached hydrogen (secondary N) is 4. The van der Waals surface area contributed by atoms with E-state index in [1.54, 1.807) is 0 Å². The molecule has 9 atom stereocenters. The summed E-state index contributed by atoms with van der Waals surface area (Å²) in [7, 11) is -8.52. The van der Waals surface area contributed by atoms with Crippen LogP contribution in [0.1, 0.15) is 69.9 Å². The van der Waals surface area contributed by atoms with Gasteiger partial charge in [0.05, 0.1) is 28.1 Å². The molecule has 2 aliphatic rings. The van der Waals surface area contributed by atoms with Gasteiger partial charge in [-0.25, -0.2) is 5.26 Å². The average molecular weight is 715 g/mol. The molecule has 0 bridgehead atoms. The van der Waals surface area contributed by atoms with Crippen molar-refractivity contribution in [2.24, 2.45) is 28.0 Å². The minimum absolute atomic E-state index is 0.0554. The number of rotatable bonds is 16. The maximum absolute atomic E-state index is 12.5. The van der Waals surface area contributed by atoms with Crippen molar-refractivity contribution in [2.45, 2.75) is 88.4 Å². The van der Waals surface area contributed by atoms with E-state index in [0.717, 1.165) is 30.0 Å². The SMILES string of the molecule is CCC(SOOO)c1nsc(N=NC2CNC(NCCS(=O)(=O)O)NC2NC2C(CC)CC(C)C(S(=O)(=O)O)C2CC)c1C#N. The van der Waals surface area contributed by atoms with Crippen LogP contribution in [0.3, 0.4) is 0 Å². The van der Waals surface area contributed by atoms with Crippen molar-refractivity contribution in [1.29, 1.82) is 5.26 Å². The molecule has 0 spiro atoms. The second-order valence-corrected chi connectivity index (χ2v) is 15.9. The topological polar surface area (TPSA) is 257 Å². The van der Waals surface area contributed by atoms with Crippen molar-refractivity contribution in [1.82, 2.24) is 25.6 Å². The fraction of sp³-hybridized carbons (Fsp3) is 0.833. The Kier molecular flexibility index (Phi) is 14.5. The molecule has 256 valence electrons. The van der Waals surface area contributed by atoms with Crippen LogP contribution in [-0.2, 0) is 29.6 Å². The molecule has 3 rings (SSSR count). The summed E-state index contributed by atoms with van der Waals surface area (Å²) in [6, 6.07) is 1.20. The molecule has 1 saturated carbocycles. The van der Waals surface area contributed by atoms with Gasteiger partial charge in [-0.15, -0.1) is 9.45 Å². The molecule has 9 unspecified atom stereocenters. The van der Waals surface area contributed by atoms with E-state index >= 15 is 0 Å². The Morgan fingerprint density at radius 3 is 2.56 bits per heavy atom. The van der Waals surface area contributed by atoms with Crippen molar-refractivity contribution in [3.63, 3.8) is 0 Å². The van der Waals surface area contributed by atoms with Gasteiger partial charge in [-0.3, -0.25) is 30.4 Å². The third-order valence-electron chi connectivity index (χ3n) is 8.28. The van der Waals surface area contributed by atoms with Gasteiger partial charge in [-0.05, 0) is 42.1 Å². The Morgan fingerprint density at radius 2 is 1.98 bits per heavy atom. The fourth-order valence-electron chi connectivity index (χ4n) is 6.24. The largest absolute Gasteiger partial charge is 0.297 e. The molecule has 45 heavy (non-hydrogen) atoms. The zero-order valence-corrected chi connectivity index (χ0v) is 28.6. The van der Waals surface area contributed by atoms with Crippen LogP contribution in [0.15, 0.2) is 10.2 Å². The highest BCUT2D eigenvalue weighted by Gasteiger charge is 2.48. The lowest BCUT2D eigenvalue weighted by atomic mass is 9.69. The highest BCUT2D eigenvalue weighted by molar-refractivity contribution is 7.94. The summed E-state index contributed by atoms with van der Waals surface area (Å²) in [6.45, 7) is 7.81. The van der Waals surface area contributed by atoms with Crippen LogP contribution in [0.4, 0.5) is 5.00 Å². The predicted molar refractivity (Wildman–Crippen MR) is 167 cm³/mol. The Balaban J connectivity index is 1.91. The van der Waals surface area contributed by atoms with Crippen LogP contribution >= 0.6 is 23.6 Å². The number of aromatic nitrogens is 1. The van der Waals surface area contributed by atoms with Crippen LogP contribution in [0.2, 0.25) is 0 Å². The molecule has 1 aliphatic carbocycles. The van der Waals surface area contributed by atoms with E-state index in [9.17, 15) is 26.7 Å². The molecule has 1 aromatic rings. The normalized spacial score (nSPS) is 30.4. The lowest BCUT2D eigenvalue weighted by Crippen LogP contribution is -2.72. The van der Waals surface area contributed by atoms with Crippen LogP contribution < -0.4 is 21.3 Å². The number of nitriles is 1. The fourth-order valence-corrected chi connectivity index (χ4v) is 9.44. The molecule has 1 aromatic heterocycles. The second-order valence-electron chi connectivity index (χ2n) is 11.1. The molecule has 0 amide bonds. The van der Waals surface area contributed by atoms with Crippen molar-refractivity contribution in [2.75, 3.05) is 18.8 Å². The highest BCUT2D eigenvalue weighted by atomic mass is 32.2. The van der Waals surface area contributed by atoms with Crippen LogP contribution in [0.25, 0.3) is 0 Å². The molecule has 21 heteroatoms. The van der Waals surface area contributed by atoms with Crippen LogP contribution in [0.5, 0.6) is 0 Å². The Hall–Kier alpha value is -1.39. The van der Waals surface area contributed by atoms with Gasteiger partial charge in [0.1, 0.15) is 24.0 Å². The lowest BCUT2D eigenvalue weighted by molar-refractivity contribution is -0.432. The Bertz CT molecular complexity index is 1390. The van der Waals surface area contributed by atoms with E-state index < -0.39 is 60.9 Å². The number of azo groups is 1. The summed E-state index contributed by atoms with van der Waals surface area (Å²) in [5.74, 6) is -1.07. The quantitative estimate of drug-likeness (QED) is 0.0427. The van der Waals surface area contributed by atoms with E-state index in [0.29, 0.717) is 25.0 Å². The van der Waals surface area contributed by atoms with Crippen molar-refractivity contribution >= 4 is 48.8 Å². The predicted octanol–water partition coefficient (Wildman–Crippen LogP) is 2.57. The van der Waals surface area contributed by atoms with Gasteiger partial charge < -0.3 is 0 Å². The summed E-state index contributed by atoms with van der Waals surface area (Å²) in [5.41, 5.74) is 0.604. The van der Waals surface area contributed by atoms with Crippen LogP contribution in [0, 0.1) is 29.1 Å². The van der Waals surface area contributed by atoms with Crippen molar-refractivity contribution in [3.05, 3.63) is 11.3 Å². The minimum Gasteiger partial charge on any atom is -0.297 e. The van der Waals surface area contributed by atoms with Gasteiger partial charge in [-0.2, -0.15) is 31.6 Å². The summed E-state index contributed by atoms with van der Waals surface area (Å²) in [6.07, 6.45) is 1.15. The average Bonchev–Trinajstić information content (AvgIpc) is 3.38. The number of hydrogen-bond donors (Lipinski definition) is 7. The molecule has 2 fully saturated rings. The zero-order valence-electron chi connectivity index (χ0n) is 25.4. The molecule has 2 heterocycles. The first-order valence-electron chi connectivity index (χ1n) is 14.6. The molecule has 17 nitrogen and oxygen atoms in total. The van der Waals surface area contributed by atoms with Crippen molar-refractivity contribution < 1.29 is 40.6 Å². The molecular formula is C24H42N8O9S4. The molecule has 1 aliphatic heterocycles. The highest BCUT2D eigenvalue weighted by Crippen LogP contribution is 2.41. The first-order chi connectivity index (χ1) is 21.3. The first kappa shape index (κ1) is 38.1. The van der Waals surface area contributed by atoms with Crippen molar-refractivity contribution in [3.8, 4) is 6.07 Å². The third-order valence-corrected chi connectivity index (χ3v) is 12.2. The molecule has 0 radical (unpaired) electrons. The summed E-state index contributed by atoms with van der Waals surface area (Å²) in [5, 5.41) is 42.9. The molecular weight excluding hydrogens is 673 g/mol. The molecule has 0 aromatic carbocycles. The maximum Gasteiger partial charge on any atom is 0.268 e. The van der Waals surface area contributed by atoms with Gasteiger partial charge in [-0.1, -0.05) is 45.6 Å². The van der Waals surface area contributed by atoms with Gasteiger partial charge in [0.25, 0.3) is 20.2 Å². The lowest BCUT2D eigenvalue weighted by Gasteiger charge is -2.48. The summed E-state index contributed by atoms with van der Waals surface area (Å²) < 4.78 is 75.7. The van der Waals surface area contributed by atoms with Gasteiger partial charge >= 0.3 is 0 Å². The van der Waals surface area contributed by atoms with E-state index in [4.69, 9.17) is 9.81 Å². The van der Waals surface area contributed by atoms with E-state index in [1.807, 2.05) is 27.7 Å². The van der Waals surface area contributed by atoms with Gasteiger partial charge in [0, 0.05) is 31.2 Å².